The molecule has 29 heavy (non-hydrogen) atoms. The first-order valence-electron chi connectivity index (χ1n) is 8.97. The van der Waals surface area contributed by atoms with Gasteiger partial charge in [-0.1, -0.05) is 11.8 Å². The number of anilines is 1. The SMILES string of the molecule is CC1(N)CCN(c2nc3nc(Sc4ccc(OC(F)(F)F)cc4)cnc3[nH]2)CC1. The summed E-state index contributed by atoms with van der Waals surface area (Å²) >= 11 is 1.28. The molecule has 154 valence electrons. The largest absolute Gasteiger partial charge is 0.573 e. The van der Waals surface area contributed by atoms with E-state index < -0.39 is 6.36 Å². The van der Waals surface area contributed by atoms with Crippen molar-refractivity contribution in [3.05, 3.63) is 30.5 Å². The Kier molecular flexibility index (Phi) is 5.03. The molecular weight excluding hydrogens is 405 g/mol. The van der Waals surface area contributed by atoms with Crippen LogP contribution in [0, 0.1) is 0 Å². The third-order valence-corrected chi connectivity index (χ3v) is 5.57. The zero-order valence-electron chi connectivity index (χ0n) is 15.5. The summed E-state index contributed by atoms with van der Waals surface area (Å²) in [5.74, 6) is 0.446. The number of alkyl halides is 3. The van der Waals surface area contributed by atoms with Crippen molar-refractivity contribution in [3.8, 4) is 5.75 Å². The molecule has 0 unspecified atom stereocenters. The standard InChI is InChI=1S/C18H19F3N6OS/c1-17(22)6-8-27(9-7-17)16-25-14-15(26-16)24-13(10-23-14)29-12-4-2-11(3-5-12)28-18(19,20)21/h2-5,10H,6-9,22H2,1H3,(H,23,24,25,26). The van der Waals surface area contributed by atoms with Crippen LogP contribution in [-0.4, -0.2) is 44.9 Å². The van der Waals surface area contributed by atoms with Crippen LogP contribution < -0.4 is 15.4 Å². The van der Waals surface area contributed by atoms with Crippen LogP contribution in [0.25, 0.3) is 11.3 Å². The smallest absolute Gasteiger partial charge is 0.406 e. The first-order valence-corrected chi connectivity index (χ1v) is 9.79. The molecule has 3 aromatic rings. The first kappa shape index (κ1) is 19.8. The highest BCUT2D eigenvalue weighted by Gasteiger charge is 2.31. The van der Waals surface area contributed by atoms with Gasteiger partial charge in [-0.15, -0.1) is 13.2 Å². The van der Waals surface area contributed by atoms with Crippen LogP contribution in [0.3, 0.4) is 0 Å². The minimum absolute atomic E-state index is 0.149. The van der Waals surface area contributed by atoms with E-state index in [-0.39, 0.29) is 11.3 Å². The quantitative estimate of drug-likeness (QED) is 0.659. The van der Waals surface area contributed by atoms with Gasteiger partial charge in [-0.2, -0.15) is 4.98 Å². The van der Waals surface area contributed by atoms with E-state index in [9.17, 15) is 13.2 Å². The lowest BCUT2D eigenvalue weighted by Gasteiger charge is -2.36. The van der Waals surface area contributed by atoms with Crippen molar-refractivity contribution in [2.45, 2.75) is 41.6 Å². The zero-order chi connectivity index (χ0) is 20.6. The van der Waals surface area contributed by atoms with Crippen LogP contribution >= 0.6 is 11.8 Å². The van der Waals surface area contributed by atoms with Crippen LogP contribution in [-0.2, 0) is 0 Å². The van der Waals surface area contributed by atoms with E-state index in [1.807, 2.05) is 0 Å². The lowest BCUT2D eigenvalue weighted by Crippen LogP contribution is -2.48. The van der Waals surface area contributed by atoms with Gasteiger partial charge >= 0.3 is 6.36 Å². The van der Waals surface area contributed by atoms with Crippen LogP contribution in [0.15, 0.2) is 40.4 Å². The maximum Gasteiger partial charge on any atom is 0.573 e. The van der Waals surface area contributed by atoms with E-state index in [1.54, 1.807) is 6.20 Å². The number of nitrogens with zero attached hydrogens (tertiary/aromatic N) is 4. The number of ether oxygens (including phenoxy) is 1. The lowest BCUT2D eigenvalue weighted by molar-refractivity contribution is -0.274. The van der Waals surface area contributed by atoms with Gasteiger partial charge in [0.2, 0.25) is 5.95 Å². The molecule has 0 saturated carbocycles. The summed E-state index contributed by atoms with van der Waals surface area (Å²) in [4.78, 5) is 19.4. The molecule has 0 atom stereocenters. The first-order chi connectivity index (χ1) is 13.7. The molecule has 0 amide bonds. The Morgan fingerprint density at radius 1 is 1.17 bits per heavy atom. The number of piperidine rings is 1. The molecule has 3 heterocycles. The second-order valence-corrected chi connectivity index (χ2v) is 8.30. The maximum absolute atomic E-state index is 12.2. The predicted octanol–water partition coefficient (Wildman–Crippen LogP) is 3.72. The van der Waals surface area contributed by atoms with Crippen molar-refractivity contribution in [1.82, 2.24) is 19.9 Å². The van der Waals surface area contributed by atoms with E-state index >= 15 is 0 Å². The highest BCUT2D eigenvalue weighted by atomic mass is 32.2. The van der Waals surface area contributed by atoms with Crippen LogP contribution in [0.4, 0.5) is 19.1 Å². The van der Waals surface area contributed by atoms with Crippen molar-refractivity contribution in [1.29, 1.82) is 0 Å². The summed E-state index contributed by atoms with van der Waals surface area (Å²) in [5.41, 5.74) is 7.10. The summed E-state index contributed by atoms with van der Waals surface area (Å²) in [6.45, 7) is 3.67. The fourth-order valence-electron chi connectivity index (χ4n) is 3.02. The monoisotopic (exact) mass is 424 g/mol. The molecule has 2 aromatic heterocycles. The molecule has 0 spiro atoms. The van der Waals surface area contributed by atoms with E-state index in [4.69, 9.17) is 5.73 Å². The van der Waals surface area contributed by atoms with Gasteiger partial charge in [-0.25, -0.2) is 9.97 Å². The molecule has 1 aromatic carbocycles. The Labute approximate surface area is 168 Å². The van der Waals surface area contributed by atoms with Crippen molar-refractivity contribution >= 4 is 29.0 Å². The number of imidazole rings is 1. The average Bonchev–Trinajstić information content (AvgIpc) is 3.05. The number of hydrogen-bond donors (Lipinski definition) is 2. The molecule has 11 heteroatoms. The number of rotatable bonds is 4. The predicted molar refractivity (Wildman–Crippen MR) is 103 cm³/mol. The minimum Gasteiger partial charge on any atom is -0.406 e. The Hall–Kier alpha value is -2.53. The summed E-state index contributed by atoms with van der Waals surface area (Å²) in [7, 11) is 0. The molecule has 1 aliphatic heterocycles. The van der Waals surface area contributed by atoms with Crippen LogP contribution in [0.2, 0.25) is 0 Å². The van der Waals surface area contributed by atoms with Gasteiger partial charge < -0.3 is 20.4 Å². The van der Waals surface area contributed by atoms with Gasteiger partial charge in [0.05, 0.1) is 6.20 Å². The van der Waals surface area contributed by atoms with Crippen molar-refractivity contribution in [2.24, 2.45) is 5.73 Å². The van der Waals surface area contributed by atoms with Crippen molar-refractivity contribution < 1.29 is 17.9 Å². The average molecular weight is 424 g/mol. The summed E-state index contributed by atoms with van der Waals surface area (Å²) in [6.07, 6.45) is -1.36. The molecule has 0 bridgehead atoms. The molecule has 1 saturated heterocycles. The third kappa shape index (κ3) is 4.91. The molecule has 0 radical (unpaired) electrons. The number of halogens is 3. The second kappa shape index (κ2) is 7.38. The summed E-state index contributed by atoms with van der Waals surface area (Å²) < 4.78 is 40.6. The van der Waals surface area contributed by atoms with E-state index in [0.29, 0.717) is 27.2 Å². The number of aromatic amines is 1. The molecule has 1 fully saturated rings. The molecule has 7 nitrogen and oxygen atoms in total. The highest BCUT2D eigenvalue weighted by molar-refractivity contribution is 7.99. The van der Waals surface area contributed by atoms with E-state index in [0.717, 1.165) is 25.9 Å². The molecular formula is C18H19F3N6OS. The summed E-state index contributed by atoms with van der Waals surface area (Å²) in [6, 6.07) is 5.59. The fourth-order valence-corrected chi connectivity index (χ4v) is 3.77. The number of benzene rings is 1. The van der Waals surface area contributed by atoms with Gasteiger partial charge in [-0.3, -0.25) is 0 Å². The van der Waals surface area contributed by atoms with Gasteiger partial charge in [0.25, 0.3) is 0 Å². The van der Waals surface area contributed by atoms with Crippen LogP contribution in [0.5, 0.6) is 5.75 Å². The van der Waals surface area contributed by atoms with Gasteiger partial charge in [0.15, 0.2) is 11.3 Å². The number of aromatic nitrogens is 4. The Balaban J connectivity index is 1.46. The highest BCUT2D eigenvalue weighted by Crippen LogP contribution is 2.30. The molecule has 1 aliphatic rings. The van der Waals surface area contributed by atoms with E-state index in [1.165, 1.54) is 36.0 Å². The maximum atomic E-state index is 12.2. The topological polar surface area (TPSA) is 92.9 Å². The minimum atomic E-state index is -4.71. The number of H-pyrrole nitrogens is 1. The zero-order valence-corrected chi connectivity index (χ0v) is 16.3. The number of hydrogen-bond acceptors (Lipinski definition) is 7. The van der Waals surface area contributed by atoms with Crippen molar-refractivity contribution in [3.63, 3.8) is 0 Å². The normalized spacial score (nSPS) is 16.9. The van der Waals surface area contributed by atoms with Crippen molar-refractivity contribution in [2.75, 3.05) is 18.0 Å². The molecule has 3 N–H and O–H groups in total. The number of nitrogens with two attached hydrogens (primary N) is 1. The second-order valence-electron chi connectivity index (χ2n) is 7.20. The van der Waals surface area contributed by atoms with Gasteiger partial charge in [0.1, 0.15) is 10.8 Å². The third-order valence-electron chi connectivity index (χ3n) is 4.66. The fraction of sp³-hybridized carbons (Fsp3) is 0.389. The Bertz CT molecular complexity index is 995. The van der Waals surface area contributed by atoms with Gasteiger partial charge in [0, 0.05) is 23.5 Å². The van der Waals surface area contributed by atoms with Crippen LogP contribution in [0.1, 0.15) is 19.8 Å². The Morgan fingerprint density at radius 3 is 2.52 bits per heavy atom. The number of nitrogens with one attached hydrogen (secondary N) is 1. The molecule has 0 aliphatic carbocycles. The lowest BCUT2D eigenvalue weighted by atomic mass is 9.91. The van der Waals surface area contributed by atoms with Gasteiger partial charge in [-0.05, 0) is 44.0 Å². The summed E-state index contributed by atoms with van der Waals surface area (Å²) in [5, 5.41) is 0.591. The number of fused-ring (bicyclic) bond motifs is 1. The van der Waals surface area contributed by atoms with E-state index in [2.05, 4.69) is 36.5 Å². The molecule has 4 rings (SSSR count). The Morgan fingerprint density at radius 2 is 1.86 bits per heavy atom.